The summed E-state index contributed by atoms with van der Waals surface area (Å²) in [5.74, 6) is -2.14. The number of halogens is 1. The van der Waals surface area contributed by atoms with E-state index in [4.69, 9.17) is 4.74 Å². The van der Waals surface area contributed by atoms with Gasteiger partial charge >= 0.3 is 11.9 Å². The summed E-state index contributed by atoms with van der Waals surface area (Å²) < 4.78 is 28.7. The lowest BCUT2D eigenvalue weighted by Gasteiger charge is -2.11. The van der Waals surface area contributed by atoms with Crippen LogP contribution in [0.5, 0.6) is 5.75 Å². The van der Waals surface area contributed by atoms with Crippen molar-refractivity contribution in [3.8, 4) is 5.75 Å². The molecule has 1 N–H and O–H groups in total. The van der Waals surface area contributed by atoms with E-state index in [1.807, 2.05) is 0 Å². The lowest BCUT2D eigenvalue weighted by atomic mass is 10.2. The number of hydrogen-bond donors (Lipinski definition) is 1. The van der Waals surface area contributed by atoms with E-state index in [2.05, 4.69) is 19.8 Å². The quantitative estimate of drug-likeness (QED) is 0.599. The van der Waals surface area contributed by atoms with E-state index in [0.29, 0.717) is 0 Å². The Morgan fingerprint density at radius 3 is 2.50 bits per heavy atom. The molecule has 0 amide bonds. The Morgan fingerprint density at radius 1 is 1.15 bits per heavy atom. The number of hydrogen-bond acceptors (Lipinski definition) is 7. The highest BCUT2D eigenvalue weighted by atomic mass is 19.1. The highest BCUT2D eigenvalue weighted by Crippen LogP contribution is 2.23. The summed E-state index contributed by atoms with van der Waals surface area (Å²) in [6, 6.07) is 7.56. The van der Waals surface area contributed by atoms with Crippen molar-refractivity contribution >= 4 is 17.6 Å². The average molecular weight is 360 g/mol. The molecule has 0 unspecified atom stereocenters. The molecule has 0 fully saturated rings. The predicted octanol–water partition coefficient (Wildman–Crippen LogP) is 2.44. The van der Waals surface area contributed by atoms with Gasteiger partial charge in [-0.15, -0.1) is 0 Å². The molecule has 0 aliphatic carbocycles. The summed E-state index contributed by atoms with van der Waals surface area (Å²) in [4.78, 5) is 26.9. The fourth-order valence-corrected chi connectivity index (χ4v) is 1.92. The molecule has 0 spiro atoms. The topological polar surface area (TPSA) is 86.8 Å². The molecule has 1 heterocycles. The summed E-state index contributed by atoms with van der Waals surface area (Å²) in [5.41, 5.74) is 0.888. The van der Waals surface area contributed by atoms with Crippen LogP contribution in [0.15, 0.2) is 54.5 Å². The van der Waals surface area contributed by atoms with Crippen LogP contribution in [0.4, 0.5) is 10.1 Å². The van der Waals surface area contributed by atoms with E-state index >= 15 is 0 Å². The Morgan fingerprint density at radius 2 is 1.88 bits per heavy atom. The molecule has 7 nitrogen and oxygen atoms in total. The first kappa shape index (κ1) is 18.9. The number of anilines is 1. The van der Waals surface area contributed by atoms with Gasteiger partial charge < -0.3 is 19.5 Å². The molecule has 8 heteroatoms. The molecular formula is C18H17FN2O5. The van der Waals surface area contributed by atoms with Crippen molar-refractivity contribution < 1.29 is 28.2 Å². The van der Waals surface area contributed by atoms with E-state index in [1.54, 1.807) is 24.5 Å². The maximum atomic E-state index is 14.2. The van der Waals surface area contributed by atoms with Gasteiger partial charge in [-0.3, -0.25) is 4.98 Å². The molecule has 1 aromatic heterocycles. The van der Waals surface area contributed by atoms with Crippen molar-refractivity contribution in [1.29, 1.82) is 0 Å². The van der Waals surface area contributed by atoms with Crippen LogP contribution in [-0.2, 0) is 25.7 Å². The zero-order valence-electron chi connectivity index (χ0n) is 14.2. The van der Waals surface area contributed by atoms with E-state index in [9.17, 15) is 14.0 Å². The Bertz CT molecular complexity index is 808. The number of nitrogens with zero attached hydrogens (tertiary/aromatic N) is 1. The van der Waals surface area contributed by atoms with E-state index in [-0.39, 0.29) is 23.7 Å². The molecule has 0 bridgehead atoms. The van der Waals surface area contributed by atoms with E-state index < -0.39 is 17.8 Å². The monoisotopic (exact) mass is 360 g/mol. The van der Waals surface area contributed by atoms with E-state index in [0.717, 1.165) is 24.8 Å². The first-order chi connectivity index (χ1) is 12.5. The first-order valence-corrected chi connectivity index (χ1v) is 7.49. The molecule has 1 aromatic carbocycles. The van der Waals surface area contributed by atoms with E-state index in [1.165, 1.54) is 19.2 Å². The van der Waals surface area contributed by atoms with Gasteiger partial charge in [-0.1, -0.05) is 0 Å². The molecule has 0 radical (unpaired) electrons. The molecular weight excluding hydrogens is 343 g/mol. The van der Waals surface area contributed by atoms with Crippen LogP contribution in [0, 0.1) is 5.82 Å². The molecule has 26 heavy (non-hydrogen) atoms. The van der Waals surface area contributed by atoms with Crippen LogP contribution in [0.2, 0.25) is 0 Å². The molecule has 0 aliphatic rings. The number of nitrogens with one attached hydrogen (secondary N) is 1. The third-order valence-corrected chi connectivity index (χ3v) is 3.22. The summed E-state index contributed by atoms with van der Waals surface area (Å²) in [7, 11) is 2.33. The third-order valence-electron chi connectivity index (χ3n) is 3.22. The predicted molar refractivity (Wildman–Crippen MR) is 90.7 cm³/mol. The number of carbonyl (C=O) groups is 2. The molecule has 0 saturated heterocycles. The van der Waals surface area contributed by atoms with Crippen molar-refractivity contribution in [2.75, 3.05) is 19.5 Å². The van der Waals surface area contributed by atoms with Gasteiger partial charge in [0.2, 0.25) is 0 Å². The second-order valence-electron chi connectivity index (χ2n) is 4.99. The van der Waals surface area contributed by atoms with Crippen LogP contribution in [0.25, 0.3) is 0 Å². The zero-order valence-corrected chi connectivity index (χ0v) is 14.2. The molecule has 0 saturated carbocycles. The highest BCUT2D eigenvalue weighted by Gasteiger charge is 2.14. The SMILES string of the molecule is COC(=O)/C=C(/Nc1ccc(OCc2ccncc2)c(F)c1)C(=O)OC. The normalized spacial score (nSPS) is 10.8. The van der Waals surface area contributed by atoms with Gasteiger partial charge in [-0.2, -0.15) is 0 Å². The number of methoxy groups -OCH3 is 2. The van der Waals surface area contributed by atoms with Gasteiger partial charge in [0.1, 0.15) is 12.3 Å². The Balaban J connectivity index is 2.10. The van der Waals surface area contributed by atoms with Crippen LogP contribution < -0.4 is 10.1 Å². The van der Waals surface area contributed by atoms with Crippen molar-refractivity contribution in [3.63, 3.8) is 0 Å². The maximum absolute atomic E-state index is 14.2. The second kappa shape index (κ2) is 9.16. The number of pyridine rings is 1. The molecule has 136 valence electrons. The van der Waals surface area contributed by atoms with Crippen molar-refractivity contribution in [2.45, 2.75) is 6.61 Å². The fourth-order valence-electron chi connectivity index (χ4n) is 1.92. The Labute approximate surface area is 149 Å². The van der Waals surface area contributed by atoms with Crippen LogP contribution in [-0.4, -0.2) is 31.1 Å². The van der Waals surface area contributed by atoms with Crippen molar-refractivity contribution in [1.82, 2.24) is 4.98 Å². The number of esters is 2. The maximum Gasteiger partial charge on any atom is 0.354 e. The van der Waals surface area contributed by atoms with Crippen LogP contribution >= 0.6 is 0 Å². The third kappa shape index (κ3) is 5.30. The Hall–Kier alpha value is -3.42. The van der Waals surface area contributed by atoms with Gasteiger partial charge in [-0.25, -0.2) is 14.0 Å². The average Bonchev–Trinajstić information content (AvgIpc) is 2.66. The minimum atomic E-state index is -0.797. The van der Waals surface area contributed by atoms with Crippen LogP contribution in [0.1, 0.15) is 5.56 Å². The smallest absolute Gasteiger partial charge is 0.354 e. The standard InChI is InChI=1S/C18H17FN2O5/c1-24-17(22)10-15(18(23)25-2)21-13-3-4-16(14(19)9-13)26-11-12-5-7-20-8-6-12/h3-10,21H,11H2,1-2H3/b15-10+. The number of carbonyl (C=O) groups excluding carboxylic acids is 2. The Kier molecular flexibility index (Phi) is 6.67. The van der Waals surface area contributed by atoms with Gasteiger partial charge in [-0.05, 0) is 29.8 Å². The summed E-state index contributed by atoms with van der Waals surface area (Å²) in [6.07, 6.45) is 4.14. The summed E-state index contributed by atoms with van der Waals surface area (Å²) >= 11 is 0. The van der Waals surface area contributed by atoms with Gasteiger partial charge in [0, 0.05) is 24.1 Å². The molecule has 0 atom stereocenters. The van der Waals surface area contributed by atoms with Crippen molar-refractivity contribution in [2.24, 2.45) is 0 Å². The largest absolute Gasteiger partial charge is 0.486 e. The highest BCUT2D eigenvalue weighted by molar-refractivity contribution is 5.98. The van der Waals surface area contributed by atoms with Gasteiger partial charge in [0.05, 0.1) is 20.3 Å². The van der Waals surface area contributed by atoms with Gasteiger partial charge in [0.15, 0.2) is 11.6 Å². The minimum Gasteiger partial charge on any atom is -0.486 e. The number of aromatic nitrogens is 1. The number of rotatable bonds is 7. The summed E-state index contributed by atoms with van der Waals surface area (Å²) in [5, 5.41) is 2.62. The number of ether oxygens (including phenoxy) is 3. The lowest BCUT2D eigenvalue weighted by molar-refractivity contribution is -0.138. The molecule has 2 rings (SSSR count). The van der Waals surface area contributed by atoms with Gasteiger partial charge in [0.25, 0.3) is 0 Å². The van der Waals surface area contributed by atoms with Crippen LogP contribution in [0.3, 0.4) is 0 Å². The summed E-state index contributed by atoms with van der Waals surface area (Å²) in [6.45, 7) is 0.182. The lowest BCUT2D eigenvalue weighted by Crippen LogP contribution is -2.15. The first-order valence-electron chi connectivity index (χ1n) is 7.49. The molecule has 2 aromatic rings. The second-order valence-corrected chi connectivity index (χ2v) is 4.99. The molecule has 0 aliphatic heterocycles. The number of benzene rings is 1. The fraction of sp³-hybridized carbons (Fsp3) is 0.167. The minimum absolute atomic E-state index is 0.0453. The zero-order chi connectivity index (χ0) is 18.9. The van der Waals surface area contributed by atoms with Crippen molar-refractivity contribution in [3.05, 3.63) is 65.9 Å².